The van der Waals surface area contributed by atoms with Crippen LogP contribution in [0.2, 0.25) is 0 Å². The van der Waals surface area contributed by atoms with E-state index in [4.69, 9.17) is 20.5 Å². The van der Waals surface area contributed by atoms with Gasteiger partial charge in [0.2, 0.25) is 5.91 Å². The maximum atomic E-state index is 12.2. The van der Waals surface area contributed by atoms with Crippen molar-refractivity contribution in [2.45, 2.75) is 19.4 Å². The minimum absolute atomic E-state index is 0.0570. The number of ketones is 1. The van der Waals surface area contributed by atoms with E-state index in [-0.39, 0.29) is 5.78 Å². The molecule has 3 aromatic carbocycles. The first-order valence-corrected chi connectivity index (χ1v) is 9.84. The summed E-state index contributed by atoms with van der Waals surface area (Å²) < 4.78 is 12.1. The van der Waals surface area contributed by atoms with Gasteiger partial charge in [0.05, 0.1) is 23.8 Å². The van der Waals surface area contributed by atoms with Crippen LogP contribution in [0.25, 0.3) is 0 Å². The number of primary amides is 1. The molecule has 6 heteroatoms. The molecule has 1 heterocycles. The molecule has 1 atom stereocenters. The highest BCUT2D eigenvalue weighted by Crippen LogP contribution is 2.38. The first kappa shape index (κ1) is 20.2. The molecule has 31 heavy (non-hydrogen) atoms. The topological polar surface area (TPSA) is 102 Å². The molecule has 1 amide bonds. The second-order valence-electron chi connectivity index (χ2n) is 7.30. The summed E-state index contributed by atoms with van der Waals surface area (Å²) in [5.74, 6) is 0.689. The van der Waals surface area contributed by atoms with Crippen molar-refractivity contribution in [1.29, 1.82) is 5.26 Å². The molecule has 3 aromatic rings. The molecule has 154 valence electrons. The van der Waals surface area contributed by atoms with Crippen LogP contribution in [0.4, 0.5) is 0 Å². The lowest BCUT2D eigenvalue weighted by atomic mass is 9.98. The second kappa shape index (κ2) is 8.33. The Kier molecular flexibility index (Phi) is 5.42. The number of carbonyl (C=O) groups is 2. The molecular weight excluding hydrogens is 392 g/mol. The summed E-state index contributed by atoms with van der Waals surface area (Å²) in [5, 5.41) is 9.11. The lowest BCUT2D eigenvalue weighted by Gasteiger charge is -2.24. The van der Waals surface area contributed by atoms with E-state index in [9.17, 15) is 9.59 Å². The maximum Gasteiger partial charge on any atom is 0.248 e. The Labute approximate surface area is 179 Å². The van der Waals surface area contributed by atoms with Gasteiger partial charge in [-0.25, -0.2) is 0 Å². The van der Waals surface area contributed by atoms with E-state index in [1.54, 1.807) is 48.5 Å². The summed E-state index contributed by atoms with van der Waals surface area (Å²) >= 11 is 0. The highest BCUT2D eigenvalue weighted by atomic mass is 16.5. The molecule has 0 radical (unpaired) electrons. The lowest BCUT2D eigenvalue weighted by Crippen LogP contribution is -2.17. The maximum absolute atomic E-state index is 12.2. The summed E-state index contributed by atoms with van der Waals surface area (Å²) in [6.45, 7) is 2.21. The Hall–Kier alpha value is -4.11. The van der Waals surface area contributed by atoms with E-state index in [0.29, 0.717) is 41.2 Å². The van der Waals surface area contributed by atoms with Crippen molar-refractivity contribution in [2.75, 3.05) is 6.61 Å². The Bertz CT molecular complexity index is 1190. The van der Waals surface area contributed by atoms with Crippen LogP contribution in [-0.4, -0.2) is 18.3 Å². The van der Waals surface area contributed by atoms with E-state index in [1.165, 1.54) is 0 Å². The standard InChI is InChI=1S/C25H20N2O4/c1-15-22(11-10-20-21(28)12-13-30-23(15)20)31-24(17-4-2-16(14-26)3-5-17)18-6-8-19(9-7-18)25(27)29/h2-11,24H,12-13H2,1H3,(H2,27,29)/t24-/m1/s1. The van der Waals surface area contributed by atoms with E-state index in [2.05, 4.69) is 6.07 Å². The number of hydrogen-bond acceptors (Lipinski definition) is 5. The molecule has 0 bridgehead atoms. The van der Waals surface area contributed by atoms with Gasteiger partial charge in [-0.2, -0.15) is 5.26 Å². The van der Waals surface area contributed by atoms with Crippen molar-refractivity contribution in [2.24, 2.45) is 5.73 Å². The van der Waals surface area contributed by atoms with E-state index >= 15 is 0 Å². The number of fused-ring (bicyclic) bond motifs is 1. The van der Waals surface area contributed by atoms with Gasteiger partial charge >= 0.3 is 0 Å². The number of Topliss-reactive ketones (excluding diaryl/α,β-unsaturated/α-hetero) is 1. The number of hydrogen-bond donors (Lipinski definition) is 1. The summed E-state index contributed by atoms with van der Waals surface area (Å²) in [4.78, 5) is 23.6. The molecule has 6 nitrogen and oxygen atoms in total. The number of nitriles is 1. The zero-order valence-electron chi connectivity index (χ0n) is 16.9. The molecule has 0 unspecified atom stereocenters. The fourth-order valence-corrected chi connectivity index (χ4v) is 3.60. The third-order valence-corrected chi connectivity index (χ3v) is 5.32. The fourth-order valence-electron chi connectivity index (χ4n) is 3.60. The van der Waals surface area contributed by atoms with Crippen LogP contribution in [0.15, 0.2) is 60.7 Å². The van der Waals surface area contributed by atoms with Gasteiger partial charge in [-0.3, -0.25) is 9.59 Å². The molecule has 2 N–H and O–H groups in total. The Morgan fingerprint density at radius 2 is 1.71 bits per heavy atom. The first-order chi connectivity index (χ1) is 15.0. The summed E-state index contributed by atoms with van der Waals surface area (Å²) in [7, 11) is 0. The van der Waals surface area contributed by atoms with Gasteiger partial charge in [0.15, 0.2) is 5.78 Å². The Balaban J connectivity index is 1.75. The number of benzene rings is 3. The second-order valence-corrected chi connectivity index (χ2v) is 7.30. The van der Waals surface area contributed by atoms with Gasteiger partial charge in [0.25, 0.3) is 0 Å². The minimum Gasteiger partial charge on any atom is -0.492 e. The van der Waals surface area contributed by atoms with Crippen LogP contribution >= 0.6 is 0 Å². The highest BCUT2D eigenvalue weighted by Gasteiger charge is 2.24. The number of amides is 1. The van der Waals surface area contributed by atoms with E-state index in [0.717, 1.165) is 16.7 Å². The van der Waals surface area contributed by atoms with E-state index in [1.807, 2.05) is 19.1 Å². The van der Waals surface area contributed by atoms with Crippen molar-refractivity contribution < 1.29 is 19.1 Å². The SMILES string of the molecule is Cc1c(O[C@H](c2ccc(C#N)cc2)c2ccc(C(N)=O)cc2)ccc2c1OCCC2=O. The highest BCUT2D eigenvalue weighted by molar-refractivity contribution is 6.00. The van der Waals surface area contributed by atoms with Crippen LogP contribution in [-0.2, 0) is 0 Å². The third kappa shape index (κ3) is 3.99. The first-order valence-electron chi connectivity index (χ1n) is 9.84. The zero-order chi connectivity index (χ0) is 22.0. The van der Waals surface area contributed by atoms with Gasteiger partial charge in [-0.05, 0) is 54.4 Å². The van der Waals surface area contributed by atoms with Gasteiger partial charge < -0.3 is 15.2 Å². The summed E-state index contributed by atoms with van der Waals surface area (Å²) in [6.07, 6.45) is -0.141. The molecule has 4 rings (SSSR count). The number of nitrogens with zero attached hydrogens (tertiary/aromatic N) is 1. The average molecular weight is 412 g/mol. The molecule has 0 fully saturated rings. The summed E-state index contributed by atoms with van der Waals surface area (Å²) in [6, 6.07) is 19.6. The van der Waals surface area contributed by atoms with Crippen molar-refractivity contribution in [3.63, 3.8) is 0 Å². The van der Waals surface area contributed by atoms with Crippen molar-refractivity contribution >= 4 is 11.7 Å². The lowest BCUT2D eigenvalue weighted by molar-refractivity contribution is 0.0931. The quantitative estimate of drug-likeness (QED) is 0.680. The van der Waals surface area contributed by atoms with Gasteiger partial charge in [-0.1, -0.05) is 24.3 Å². The smallest absolute Gasteiger partial charge is 0.248 e. The monoisotopic (exact) mass is 412 g/mol. The van der Waals surface area contributed by atoms with Crippen LogP contribution in [0.5, 0.6) is 11.5 Å². The normalized spacial score (nSPS) is 13.5. The van der Waals surface area contributed by atoms with Crippen molar-refractivity contribution in [1.82, 2.24) is 0 Å². The largest absolute Gasteiger partial charge is 0.492 e. The molecule has 0 spiro atoms. The Morgan fingerprint density at radius 1 is 1.06 bits per heavy atom. The van der Waals surface area contributed by atoms with E-state index < -0.39 is 12.0 Å². The molecule has 1 aliphatic rings. The molecule has 0 aliphatic carbocycles. The van der Waals surface area contributed by atoms with Crippen LogP contribution in [0, 0.1) is 18.3 Å². The number of rotatable bonds is 5. The Morgan fingerprint density at radius 3 is 2.32 bits per heavy atom. The molecule has 0 saturated carbocycles. The predicted octanol–water partition coefficient (Wildman–Crippen LogP) is 4.10. The third-order valence-electron chi connectivity index (χ3n) is 5.32. The van der Waals surface area contributed by atoms with Crippen LogP contribution in [0.1, 0.15) is 55.5 Å². The molecule has 1 aliphatic heterocycles. The summed E-state index contributed by atoms with van der Waals surface area (Å²) in [5.41, 5.74) is 9.26. The van der Waals surface area contributed by atoms with Gasteiger partial charge in [0, 0.05) is 17.5 Å². The predicted molar refractivity (Wildman–Crippen MR) is 114 cm³/mol. The van der Waals surface area contributed by atoms with Crippen LogP contribution < -0.4 is 15.2 Å². The number of ether oxygens (including phenoxy) is 2. The molecular formula is C25H20N2O4. The van der Waals surface area contributed by atoms with Crippen molar-refractivity contribution in [3.05, 3.63) is 94.0 Å². The minimum atomic E-state index is -0.509. The zero-order valence-corrected chi connectivity index (χ0v) is 16.9. The van der Waals surface area contributed by atoms with Crippen molar-refractivity contribution in [3.8, 4) is 17.6 Å². The number of carbonyl (C=O) groups excluding carboxylic acids is 2. The fraction of sp³-hybridized carbons (Fsp3) is 0.160. The molecule has 0 saturated heterocycles. The van der Waals surface area contributed by atoms with Gasteiger partial charge in [0.1, 0.15) is 17.6 Å². The number of nitrogens with two attached hydrogens (primary N) is 1. The van der Waals surface area contributed by atoms with Gasteiger partial charge in [-0.15, -0.1) is 0 Å². The average Bonchev–Trinajstić information content (AvgIpc) is 2.79. The van der Waals surface area contributed by atoms with Crippen LogP contribution in [0.3, 0.4) is 0 Å². The molecule has 0 aromatic heterocycles.